The number of H-pyrrole nitrogens is 1. The van der Waals surface area contributed by atoms with Crippen molar-refractivity contribution in [3.05, 3.63) is 22.2 Å². The maximum Gasteiger partial charge on any atom is 0.253 e. The van der Waals surface area contributed by atoms with E-state index in [1.165, 1.54) is 19.3 Å². The van der Waals surface area contributed by atoms with Gasteiger partial charge in [-0.05, 0) is 26.2 Å². The highest BCUT2D eigenvalue weighted by Gasteiger charge is 2.14. The van der Waals surface area contributed by atoms with Gasteiger partial charge in [0, 0.05) is 19.2 Å². The Morgan fingerprint density at radius 2 is 2.12 bits per heavy atom. The van der Waals surface area contributed by atoms with Gasteiger partial charge in [0.05, 0.1) is 6.04 Å². The predicted molar refractivity (Wildman–Crippen MR) is 63.5 cm³/mol. The molecule has 88 valence electrons. The molecule has 0 spiro atoms. The Kier molecular flexibility index (Phi) is 3.24. The van der Waals surface area contributed by atoms with E-state index in [1.54, 1.807) is 6.07 Å². The van der Waals surface area contributed by atoms with Crippen LogP contribution >= 0.6 is 0 Å². The number of nitrogens with zero attached hydrogens (tertiary/aromatic N) is 2. The van der Waals surface area contributed by atoms with E-state index in [2.05, 4.69) is 14.9 Å². The Balaban J connectivity index is 2.29. The SMILES string of the molecule is CC(N)c1nc(N2CCCCC2)cc(=O)[nH]1. The second-order valence-corrected chi connectivity index (χ2v) is 4.33. The minimum Gasteiger partial charge on any atom is -0.356 e. The molecule has 0 bridgehead atoms. The summed E-state index contributed by atoms with van der Waals surface area (Å²) in [5.74, 6) is 1.32. The van der Waals surface area contributed by atoms with E-state index in [4.69, 9.17) is 5.73 Å². The first-order valence-electron chi connectivity index (χ1n) is 5.78. The number of hydrogen-bond acceptors (Lipinski definition) is 4. The second-order valence-electron chi connectivity index (χ2n) is 4.33. The third kappa shape index (κ3) is 2.41. The van der Waals surface area contributed by atoms with Crippen LogP contribution in [0.2, 0.25) is 0 Å². The van der Waals surface area contributed by atoms with Crippen molar-refractivity contribution in [2.24, 2.45) is 5.73 Å². The van der Waals surface area contributed by atoms with E-state index >= 15 is 0 Å². The van der Waals surface area contributed by atoms with E-state index in [1.807, 2.05) is 6.92 Å². The molecule has 1 aromatic heterocycles. The molecule has 2 heterocycles. The lowest BCUT2D eigenvalue weighted by atomic mass is 10.1. The number of aromatic amines is 1. The highest BCUT2D eigenvalue weighted by atomic mass is 16.1. The first kappa shape index (κ1) is 11.1. The zero-order valence-corrected chi connectivity index (χ0v) is 9.57. The standard InChI is InChI=1S/C11H18N4O/c1-8(12)11-13-9(7-10(16)14-11)15-5-3-2-4-6-15/h7-8H,2-6,12H2,1H3,(H,13,14,16). The summed E-state index contributed by atoms with van der Waals surface area (Å²) >= 11 is 0. The van der Waals surface area contributed by atoms with E-state index in [-0.39, 0.29) is 11.6 Å². The highest BCUT2D eigenvalue weighted by molar-refractivity contribution is 5.38. The average Bonchev–Trinajstić information content (AvgIpc) is 2.29. The van der Waals surface area contributed by atoms with Crippen molar-refractivity contribution in [3.8, 4) is 0 Å². The maximum atomic E-state index is 11.5. The number of piperidine rings is 1. The van der Waals surface area contributed by atoms with Gasteiger partial charge in [0.15, 0.2) is 0 Å². The summed E-state index contributed by atoms with van der Waals surface area (Å²) in [5.41, 5.74) is 5.61. The van der Waals surface area contributed by atoms with Crippen LogP contribution in [-0.4, -0.2) is 23.1 Å². The molecule has 2 rings (SSSR count). The van der Waals surface area contributed by atoms with Crippen LogP contribution in [0, 0.1) is 0 Å². The van der Waals surface area contributed by atoms with Crippen LogP contribution in [0.25, 0.3) is 0 Å². The Bertz CT molecular complexity index is 407. The van der Waals surface area contributed by atoms with Crippen LogP contribution in [-0.2, 0) is 0 Å². The molecular formula is C11H18N4O. The lowest BCUT2D eigenvalue weighted by Gasteiger charge is -2.27. The summed E-state index contributed by atoms with van der Waals surface area (Å²) < 4.78 is 0. The fourth-order valence-electron chi connectivity index (χ4n) is 1.96. The van der Waals surface area contributed by atoms with Crippen molar-refractivity contribution in [1.29, 1.82) is 0 Å². The normalized spacial score (nSPS) is 18.5. The lowest BCUT2D eigenvalue weighted by Crippen LogP contribution is -2.32. The summed E-state index contributed by atoms with van der Waals surface area (Å²) in [6, 6.07) is 1.31. The quantitative estimate of drug-likeness (QED) is 0.775. The van der Waals surface area contributed by atoms with Gasteiger partial charge < -0.3 is 15.6 Å². The van der Waals surface area contributed by atoms with Crippen molar-refractivity contribution < 1.29 is 0 Å². The van der Waals surface area contributed by atoms with Crippen LogP contribution in [0.5, 0.6) is 0 Å². The van der Waals surface area contributed by atoms with Crippen LogP contribution in [0.3, 0.4) is 0 Å². The molecular weight excluding hydrogens is 204 g/mol. The van der Waals surface area contributed by atoms with Gasteiger partial charge in [-0.15, -0.1) is 0 Å². The van der Waals surface area contributed by atoms with Crippen molar-refractivity contribution in [2.45, 2.75) is 32.2 Å². The molecule has 1 aromatic rings. The summed E-state index contributed by atoms with van der Waals surface area (Å²) in [5, 5.41) is 0. The molecule has 1 unspecified atom stereocenters. The Morgan fingerprint density at radius 1 is 1.44 bits per heavy atom. The number of anilines is 1. The molecule has 0 amide bonds. The Morgan fingerprint density at radius 3 is 2.75 bits per heavy atom. The summed E-state index contributed by atoms with van der Waals surface area (Å²) in [4.78, 5) is 20.7. The molecule has 16 heavy (non-hydrogen) atoms. The topological polar surface area (TPSA) is 75.0 Å². The maximum absolute atomic E-state index is 11.5. The van der Waals surface area contributed by atoms with Gasteiger partial charge in [-0.25, -0.2) is 4.98 Å². The van der Waals surface area contributed by atoms with Gasteiger partial charge in [-0.2, -0.15) is 0 Å². The molecule has 0 saturated carbocycles. The van der Waals surface area contributed by atoms with Crippen LogP contribution in [0.15, 0.2) is 10.9 Å². The molecule has 1 atom stereocenters. The van der Waals surface area contributed by atoms with E-state index in [0.29, 0.717) is 5.82 Å². The molecule has 1 aliphatic rings. The number of hydrogen-bond donors (Lipinski definition) is 2. The molecule has 1 saturated heterocycles. The largest absolute Gasteiger partial charge is 0.356 e. The molecule has 1 aliphatic heterocycles. The van der Waals surface area contributed by atoms with Crippen molar-refractivity contribution >= 4 is 5.82 Å². The number of nitrogens with two attached hydrogens (primary N) is 1. The molecule has 0 radical (unpaired) electrons. The number of aromatic nitrogens is 2. The van der Waals surface area contributed by atoms with Crippen molar-refractivity contribution in [2.75, 3.05) is 18.0 Å². The van der Waals surface area contributed by atoms with Gasteiger partial charge in [0.1, 0.15) is 11.6 Å². The summed E-state index contributed by atoms with van der Waals surface area (Å²) in [7, 11) is 0. The molecule has 5 heteroatoms. The Labute approximate surface area is 94.7 Å². The number of nitrogens with one attached hydrogen (secondary N) is 1. The van der Waals surface area contributed by atoms with Crippen LogP contribution in [0.1, 0.15) is 38.1 Å². The molecule has 5 nitrogen and oxygen atoms in total. The minimum absolute atomic E-state index is 0.122. The monoisotopic (exact) mass is 222 g/mol. The second kappa shape index (κ2) is 4.65. The van der Waals surface area contributed by atoms with Gasteiger partial charge >= 0.3 is 0 Å². The van der Waals surface area contributed by atoms with E-state index in [0.717, 1.165) is 18.9 Å². The lowest BCUT2D eigenvalue weighted by molar-refractivity contribution is 0.570. The van der Waals surface area contributed by atoms with Gasteiger partial charge in [0.25, 0.3) is 5.56 Å². The zero-order valence-electron chi connectivity index (χ0n) is 9.57. The predicted octanol–water partition coefficient (Wildman–Crippen LogP) is 0.780. The fraction of sp³-hybridized carbons (Fsp3) is 0.636. The average molecular weight is 222 g/mol. The van der Waals surface area contributed by atoms with Gasteiger partial charge in [-0.1, -0.05) is 0 Å². The van der Waals surface area contributed by atoms with Crippen molar-refractivity contribution in [1.82, 2.24) is 9.97 Å². The van der Waals surface area contributed by atoms with Gasteiger partial charge in [-0.3, -0.25) is 4.79 Å². The van der Waals surface area contributed by atoms with E-state index in [9.17, 15) is 4.79 Å². The van der Waals surface area contributed by atoms with Crippen molar-refractivity contribution in [3.63, 3.8) is 0 Å². The number of rotatable bonds is 2. The van der Waals surface area contributed by atoms with Gasteiger partial charge in [0.2, 0.25) is 0 Å². The van der Waals surface area contributed by atoms with Crippen LogP contribution in [0.4, 0.5) is 5.82 Å². The summed E-state index contributed by atoms with van der Waals surface area (Å²) in [6.07, 6.45) is 3.60. The smallest absolute Gasteiger partial charge is 0.253 e. The highest BCUT2D eigenvalue weighted by Crippen LogP contribution is 2.16. The van der Waals surface area contributed by atoms with Crippen LogP contribution < -0.4 is 16.2 Å². The molecule has 3 N–H and O–H groups in total. The summed E-state index contributed by atoms with van der Waals surface area (Å²) in [6.45, 7) is 3.78. The fourth-order valence-corrected chi connectivity index (χ4v) is 1.96. The first-order chi connectivity index (χ1) is 7.66. The zero-order chi connectivity index (χ0) is 11.5. The van der Waals surface area contributed by atoms with E-state index < -0.39 is 0 Å². The molecule has 1 fully saturated rings. The molecule has 0 aromatic carbocycles. The third-order valence-electron chi connectivity index (χ3n) is 2.86. The third-order valence-corrected chi connectivity index (χ3v) is 2.86. The minimum atomic E-state index is -0.238. The molecule has 0 aliphatic carbocycles. The first-order valence-corrected chi connectivity index (χ1v) is 5.78. The Hall–Kier alpha value is -1.36.